The van der Waals surface area contributed by atoms with Gasteiger partial charge in [0.1, 0.15) is 18.0 Å². The lowest BCUT2D eigenvalue weighted by Crippen LogP contribution is -2.58. The smallest absolute Gasteiger partial charge is 0.177 e. The van der Waals surface area contributed by atoms with Crippen LogP contribution in [0.25, 0.3) is 5.65 Å². The zero-order valence-electron chi connectivity index (χ0n) is 13.7. The topological polar surface area (TPSA) is 67.4 Å². The number of anilines is 1. The molecule has 5 rings (SSSR count). The molecule has 0 amide bonds. The predicted molar refractivity (Wildman–Crippen MR) is 88.7 cm³/mol. The van der Waals surface area contributed by atoms with Crippen LogP contribution in [0.4, 0.5) is 5.82 Å². The number of nitrogens with zero attached hydrogens (tertiary/aromatic N) is 8. The molecule has 3 aromatic rings. The summed E-state index contributed by atoms with van der Waals surface area (Å²) in [7, 11) is 2.18. The molecule has 0 atom stereocenters. The van der Waals surface area contributed by atoms with Gasteiger partial charge in [-0.1, -0.05) is 0 Å². The van der Waals surface area contributed by atoms with Crippen LogP contribution in [-0.4, -0.2) is 60.4 Å². The number of likely N-dealkylation sites (N-methyl/N-ethyl adjacent to an activating group) is 1. The van der Waals surface area contributed by atoms with E-state index in [9.17, 15) is 0 Å². The Labute approximate surface area is 139 Å². The van der Waals surface area contributed by atoms with Gasteiger partial charge in [0.15, 0.2) is 5.65 Å². The maximum atomic E-state index is 4.55. The average molecular weight is 324 g/mol. The molecule has 3 aromatic heterocycles. The van der Waals surface area contributed by atoms with Crippen LogP contribution in [0.3, 0.4) is 0 Å². The highest BCUT2D eigenvalue weighted by Crippen LogP contribution is 2.35. The Morgan fingerprint density at radius 2 is 2.12 bits per heavy atom. The zero-order valence-corrected chi connectivity index (χ0v) is 13.7. The van der Waals surface area contributed by atoms with Crippen molar-refractivity contribution in [1.82, 2.24) is 34.3 Å². The summed E-state index contributed by atoms with van der Waals surface area (Å²) >= 11 is 0. The molecule has 1 saturated heterocycles. The third-order valence-corrected chi connectivity index (χ3v) is 5.04. The molecule has 124 valence electrons. The maximum absolute atomic E-state index is 4.55. The summed E-state index contributed by atoms with van der Waals surface area (Å²) in [5, 5.41) is 12.4. The van der Waals surface area contributed by atoms with Gasteiger partial charge in [0.25, 0.3) is 0 Å². The molecule has 24 heavy (non-hydrogen) atoms. The minimum Gasteiger partial charge on any atom is -0.352 e. The lowest BCUT2D eigenvalue weighted by atomic mass is 10.1. The fourth-order valence-electron chi connectivity index (χ4n) is 3.31. The number of fused-ring (bicyclic) bond motifs is 1. The van der Waals surface area contributed by atoms with Gasteiger partial charge in [-0.25, -0.2) is 4.98 Å². The van der Waals surface area contributed by atoms with Crippen molar-refractivity contribution < 1.29 is 0 Å². The highest BCUT2D eigenvalue weighted by Gasteiger charge is 2.32. The predicted octanol–water partition coefficient (Wildman–Crippen LogP) is 0.976. The van der Waals surface area contributed by atoms with Gasteiger partial charge in [-0.2, -0.15) is 4.52 Å². The Morgan fingerprint density at radius 1 is 1.25 bits per heavy atom. The minimum absolute atomic E-state index is 0.535. The summed E-state index contributed by atoms with van der Waals surface area (Å²) in [6.45, 7) is 2.88. The lowest BCUT2D eigenvalue weighted by molar-refractivity contribution is 0.190. The van der Waals surface area contributed by atoms with Crippen LogP contribution < -0.4 is 4.90 Å². The molecule has 0 aromatic carbocycles. The minimum atomic E-state index is 0.535. The summed E-state index contributed by atoms with van der Waals surface area (Å²) in [5.74, 6) is 2.16. The highest BCUT2D eigenvalue weighted by atomic mass is 15.4. The van der Waals surface area contributed by atoms with Crippen LogP contribution in [0, 0.1) is 0 Å². The molecule has 8 heteroatoms. The van der Waals surface area contributed by atoms with Gasteiger partial charge >= 0.3 is 0 Å². The molecular weight excluding hydrogens is 304 g/mol. The molecule has 0 N–H and O–H groups in total. The number of hydrogen-bond donors (Lipinski definition) is 0. The molecule has 0 spiro atoms. The molecule has 1 aliphatic carbocycles. The average Bonchev–Trinajstić information content (AvgIpc) is 3.09. The van der Waals surface area contributed by atoms with Crippen molar-refractivity contribution in [3.05, 3.63) is 36.7 Å². The van der Waals surface area contributed by atoms with E-state index in [1.807, 2.05) is 18.3 Å². The van der Waals surface area contributed by atoms with Gasteiger partial charge in [-0.3, -0.25) is 4.90 Å². The second kappa shape index (κ2) is 5.27. The molecule has 0 radical (unpaired) electrons. The summed E-state index contributed by atoms with van der Waals surface area (Å²) in [6, 6.07) is 5.19. The Bertz CT molecular complexity index is 858. The van der Waals surface area contributed by atoms with E-state index in [1.54, 1.807) is 10.8 Å². The van der Waals surface area contributed by atoms with Crippen molar-refractivity contribution in [1.29, 1.82) is 0 Å². The van der Waals surface area contributed by atoms with Gasteiger partial charge in [0.05, 0.1) is 6.54 Å². The van der Waals surface area contributed by atoms with Gasteiger partial charge in [0, 0.05) is 37.6 Å². The number of hydrogen-bond acceptors (Lipinski definition) is 6. The van der Waals surface area contributed by atoms with Crippen molar-refractivity contribution >= 4 is 11.5 Å². The first-order valence-corrected chi connectivity index (χ1v) is 8.42. The first kappa shape index (κ1) is 13.9. The molecule has 0 bridgehead atoms. The second-order valence-corrected chi connectivity index (χ2v) is 6.78. The van der Waals surface area contributed by atoms with Crippen LogP contribution in [0.1, 0.15) is 24.7 Å². The molecular formula is C16H20N8. The van der Waals surface area contributed by atoms with Gasteiger partial charge in [0.2, 0.25) is 0 Å². The monoisotopic (exact) mass is 324 g/mol. The van der Waals surface area contributed by atoms with Crippen molar-refractivity contribution in [3.63, 3.8) is 0 Å². The molecule has 2 fully saturated rings. The molecule has 1 saturated carbocycles. The third-order valence-electron chi connectivity index (χ3n) is 5.04. The Hall–Kier alpha value is -2.48. The Kier molecular flexibility index (Phi) is 3.05. The van der Waals surface area contributed by atoms with Crippen LogP contribution >= 0.6 is 0 Å². The maximum Gasteiger partial charge on any atom is 0.177 e. The van der Waals surface area contributed by atoms with E-state index in [1.165, 1.54) is 18.7 Å². The van der Waals surface area contributed by atoms with E-state index in [-0.39, 0.29) is 0 Å². The van der Waals surface area contributed by atoms with E-state index in [2.05, 4.69) is 47.9 Å². The highest BCUT2D eigenvalue weighted by molar-refractivity contribution is 5.47. The van der Waals surface area contributed by atoms with Gasteiger partial charge in [-0.15, -0.1) is 15.3 Å². The number of aromatic nitrogens is 6. The van der Waals surface area contributed by atoms with E-state index >= 15 is 0 Å². The number of imidazole rings is 1. The fraction of sp³-hybridized carbons (Fsp3) is 0.500. The summed E-state index contributed by atoms with van der Waals surface area (Å²) in [6.07, 6.45) is 8.27. The molecule has 8 nitrogen and oxygen atoms in total. The van der Waals surface area contributed by atoms with Crippen molar-refractivity contribution in [2.75, 3.05) is 25.0 Å². The molecule has 0 unspecified atom stereocenters. The number of rotatable bonds is 5. The first-order valence-electron chi connectivity index (χ1n) is 8.42. The van der Waals surface area contributed by atoms with Crippen LogP contribution in [-0.2, 0) is 6.54 Å². The normalized spacial score (nSPS) is 18.5. The summed E-state index contributed by atoms with van der Waals surface area (Å²) in [4.78, 5) is 9.23. The summed E-state index contributed by atoms with van der Waals surface area (Å²) < 4.78 is 4.06. The zero-order chi connectivity index (χ0) is 16.1. The van der Waals surface area contributed by atoms with Crippen LogP contribution in [0.15, 0.2) is 30.9 Å². The van der Waals surface area contributed by atoms with Crippen molar-refractivity contribution in [2.24, 2.45) is 0 Å². The quantitative estimate of drug-likeness (QED) is 0.697. The van der Waals surface area contributed by atoms with Crippen LogP contribution in [0.5, 0.6) is 0 Å². The van der Waals surface area contributed by atoms with Gasteiger partial charge < -0.3 is 9.47 Å². The Morgan fingerprint density at radius 3 is 2.96 bits per heavy atom. The van der Waals surface area contributed by atoms with Crippen molar-refractivity contribution in [2.45, 2.75) is 31.5 Å². The van der Waals surface area contributed by atoms with E-state index in [0.717, 1.165) is 31.1 Å². The van der Waals surface area contributed by atoms with Crippen LogP contribution in [0.2, 0.25) is 0 Å². The fourth-order valence-corrected chi connectivity index (χ4v) is 3.31. The molecule has 2 aliphatic rings. The summed E-state index contributed by atoms with van der Waals surface area (Å²) in [5.41, 5.74) is 0.778. The van der Waals surface area contributed by atoms with E-state index < -0.39 is 0 Å². The standard InChI is InChI=1S/C16H20N8/c1-21(10-16-17-6-7-23(16)12-2-3-12)13-8-22(9-13)15-5-4-14-19-18-11-24(14)20-15/h4-7,11-13H,2-3,8-10H2,1H3. The van der Waals surface area contributed by atoms with Gasteiger partial charge in [-0.05, 0) is 32.0 Å². The van der Waals surface area contributed by atoms with E-state index in [0.29, 0.717) is 12.1 Å². The molecule has 1 aliphatic heterocycles. The molecule has 4 heterocycles. The third kappa shape index (κ3) is 2.34. The van der Waals surface area contributed by atoms with Crippen molar-refractivity contribution in [3.8, 4) is 0 Å². The Balaban J connectivity index is 1.23. The van der Waals surface area contributed by atoms with E-state index in [4.69, 9.17) is 0 Å². The SMILES string of the molecule is CN(Cc1nccn1C1CC1)C1CN(c2ccc3nncn3n2)C1. The second-order valence-electron chi connectivity index (χ2n) is 6.78. The first-order chi connectivity index (χ1) is 11.8. The lowest BCUT2D eigenvalue weighted by Gasteiger charge is -2.44. The largest absolute Gasteiger partial charge is 0.352 e.